The number of halogens is 4. The Kier molecular flexibility index (Phi) is 5.32. The van der Waals surface area contributed by atoms with Crippen molar-refractivity contribution in [2.75, 3.05) is 0 Å². The highest BCUT2D eigenvalue weighted by molar-refractivity contribution is 6.05. The summed E-state index contributed by atoms with van der Waals surface area (Å²) < 4.78 is 52.4. The summed E-state index contributed by atoms with van der Waals surface area (Å²) in [7, 11) is 0. The van der Waals surface area contributed by atoms with E-state index in [9.17, 15) is 27.5 Å². The molecule has 1 heterocycles. The summed E-state index contributed by atoms with van der Waals surface area (Å²) >= 11 is 0. The Morgan fingerprint density at radius 2 is 1.76 bits per heavy atom. The molecule has 2 N–H and O–H groups in total. The molecule has 1 atom stereocenters. The summed E-state index contributed by atoms with van der Waals surface area (Å²) in [6.07, 6.45) is -3.04. The Balaban J connectivity index is 1.97. The third-order valence-electron chi connectivity index (χ3n) is 4.47. The van der Waals surface area contributed by atoms with Gasteiger partial charge in [0.05, 0.1) is 28.3 Å². The maximum atomic E-state index is 13.9. The molecule has 8 heteroatoms. The lowest BCUT2D eigenvalue weighted by Crippen LogP contribution is -2.42. The van der Waals surface area contributed by atoms with Gasteiger partial charge in [0.2, 0.25) is 0 Å². The Labute approximate surface area is 164 Å². The van der Waals surface area contributed by atoms with Crippen LogP contribution in [-0.4, -0.2) is 21.6 Å². The van der Waals surface area contributed by atoms with Crippen LogP contribution in [0.2, 0.25) is 0 Å². The van der Waals surface area contributed by atoms with Crippen LogP contribution in [0.3, 0.4) is 0 Å². The number of nitrogens with one attached hydrogen (secondary N) is 1. The lowest BCUT2D eigenvalue weighted by molar-refractivity contribution is -0.137. The highest BCUT2D eigenvalue weighted by Crippen LogP contribution is 2.32. The summed E-state index contributed by atoms with van der Waals surface area (Å²) in [5.41, 5.74) is -1.85. The standard InChI is InChI=1S/C21H18F4N2O2/c1-20(2,29)18(12-5-7-14(8-6-12)21(23,24)25)27-19(28)16-11-15(22)10-13-4-3-9-26-17(13)16/h3-11,18,29H,1-2H3,(H,27,28). The van der Waals surface area contributed by atoms with Crippen molar-refractivity contribution in [1.29, 1.82) is 0 Å². The number of amides is 1. The molecule has 0 bridgehead atoms. The molecule has 1 amide bonds. The van der Waals surface area contributed by atoms with Gasteiger partial charge in [-0.2, -0.15) is 13.2 Å². The number of aromatic nitrogens is 1. The molecule has 4 nitrogen and oxygen atoms in total. The quantitative estimate of drug-likeness (QED) is 0.621. The van der Waals surface area contributed by atoms with E-state index in [4.69, 9.17) is 0 Å². The fourth-order valence-electron chi connectivity index (χ4n) is 3.07. The molecular weight excluding hydrogens is 388 g/mol. The monoisotopic (exact) mass is 406 g/mol. The number of hydrogen-bond acceptors (Lipinski definition) is 3. The van der Waals surface area contributed by atoms with Gasteiger partial charge < -0.3 is 10.4 Å². The topological polar surface area (TPSA) is 62.2 Å². The third-order valence-corrected chi connectivity index (χ3v) is 4.47. The number of aliphatic hydroxyl groups is 1. The molecule has 0 aliphatic heterocycles. The maximum Gasteiger partial charge on any atom is 0.416 e. The van der Waals surface area contributed by atoms with E-state index in [0.717, 1.165) is 18.2 Å². The van der Waals surface area contributed by atoms with Crippen molar-refractivity contribution in [2.24, 2.45) is 0 Å². The summed E-state index contributed by atoms with van der Waals surface area (Å²) in [6.45, 7) is 2.83. The SMILES string of the molecule is CC(C)(O)C(NC(=O)c1cc(F)cc2cccnc12)c1ccc(C(F)(F)F)cc1. The molecule has 1 unspecified atom stereocenters. The normalized spacial score (nSPS) is 13.3. The number of pyridine rings is 1. The number of carbonyl (C=O) groups excluding carboxylic acids is 1. The van der Waals surface area contributed by atoms with Gasteiger partial charge >= 0.3 is 6.18 Å². The second kappa shape index (κ2) is 7.44. The lowest BCUT2D eigenvalue weighted by atomic mass is 9.91. The first-order chi connectivity index (χ1) is 13.5. The number of benzene rings is 2. The van der Waals surface area contributed by atoms with Crippen molar-refractivity contribution in [3.05, 3.63) is 77.2 Å². The van der Waals surface area contributed by atoms with E-state index in [0.29, 0.717) is 5.39 Å². The molecular formula is C21H18F4N2O2. The lowest BCUT2D eigenvalue weighted by Gasteiger charge is -2.31. The Morgan fingerprint density at radius 1 is 1.10 bits per heavy atom. The van der Waals surface area contributed by atoms with Crippen LogP contribution >= 0.6 is 0 Å². The predicted octanol–water partition coefficient (Wildman–Crippen LogP) is 4.63. The number of rotatable bonds is 4. The molecule has 0 aliphatic carbocycles. The van der Waals surface area contributed by atoms with Crippen LogP contribution in [0.5, 0.6) is 0 Å². The van der Waals surface area contributed by atoms with Gasteiger partial charge in [0.1, 0.15) is 5.82 Å². The van der Waals surface area contributed by atoms with E-state index in [-0.39, 0.29) is 16.6 Å². The van der Waals surface area contributed by atoms with Crippen LogP contribution in [-0.2, 0) is 6.18 Å². The van der Waals surface area contributed by atoms with Gasteiger partial charge in [0, 0.05) is 11.6 Å². The van der Waals surface area contributed by atoms with Crippen LogP contribution in [0.15, 0.2) is 54.7 Å². The van der Waals surface area contributed by atoms with E-state index in [1.165, 1.54) is 38.2 Å². The largest absolute Gasteiger partial charge is 0.416 e. The van der Waals surface area contributed by atoms with Crippen LogP contribution in [0.4, 0.5) is 17.6 Å². The molecule has 0 radical (unpaired) electrons. The molecule has 0 spiro atoms. The van der Waals surface area contributed by atoms with Crippen LogP contribution in [0.1, 0.15) is 41.4 Å². The Bertz CT molecular complexity index is 1040. The van der Waals surface area contributed by atoms with Crippen molar-refractivity contribution in [1.82, 2.24) is 10.3 Å². The van der Waals surface area contributed by atoms with Gasteiger partial charge in [-0.15, -0.1) is 0 Å². The summed E-state index contributed by atoms with van der Waals surface area (Å²) in [4.78, 5) is 17.0. The number of carbonyl (C=O) groups is 1. The van der Waals surface area contributed by atoms with E-state index in [1.807, 2.05) is 0 Å². The summed E-state index contributed by atoms with van der Waals surface area (Å²) in [6, 6.07) is 8.55. The van der Waals surface area contributed by atoms with Crippen molar-refractivity contribution in [3.63, 3.8) is 0 Å². The molecule has 152 valence electrons. The van der Waals surface area contributed by atoms with Crippen LogP contribution in [0, 0.1) is 5.82 Å². The maximum absolute atomic E-state index is 13.9. The molecule has 0 saturated heterocycles. The fraction of sp³-hybridized carbons (Fsp3) is 0.238. The number of hydrogen-bond donors (Lipinski definition) is 2. The fourth-order valence-corrected chi connectivity index (χ4v) is 3.07. The average molecular weight is 406 g/mol. The van der Waals surface area contributed by atoms with Gasteiger partial charge in [-0.1, -0.05) is 18.2 Å². The Morgan fingerprint density at radius 3 is 2.34 bits per heavy atom. The van der Waals surface area contributed by atoms with Gasteiger partial charge in [-0.25, -0.2) is 4.39 Å². The van der Waals surface area contributed by atoms with Gasteiger partial charge in [-0.3, -0.25) is 9.78 Å². The Hall–Kier alpha value is -3.00. The van der Waals surface area contributed by atoms with Crippen LogP contribution < -0.4 is 5.32 Å². The van der Waals surface area contributed by atoms with Gasteiger partial charge in [0.25, 0.3) is 5.91 Å². The number of alkyl halides is 3. The van der Waals surface area contributed by atoms with Crippen molar-refractivity contribution in [3.8, 4) is 0 Å². The molecule has 0 fully saturated rings. The minimum atomic E-state index is -4.50. The van der Waals surface area contributed by atoms with Crippen molar-refractivity contribution < 1.29 is 27.5 Å². The first-order valence-corrected chi connectivity index (χ1v) is 8.71. The first-order valence-electron chi connectivity index (χ1n) is 8.71. The van der Waals surface area contributed by atoms with E-state index < -0.39 is 35.1 Å². The number of nitrogens with zero attached hydrogens (tertiary/aromatic N) is 1. The summed E-state index contributed by atoms with van der Waals surface area (Å²) in [5.74, 6) is -1.34. The van der Waals surface area contributed by atoms with Gasteiger partial charge in [0.15, 0.2) is 0 Å². The third kappa shape index (κ3) is 4.54. The van der Waals surface area contributed by atoms with Crippen LogP contribution in [0.25, 0.3) is 10.9 Å². The molecule has 0 saturated carbocycles. The second-order valence-electron chi connectivity index (χ2n) is 7.21. The summed E-state index contributed by atoms with van der Waals surface area (Å²) in [5, 5.41) is 13.5. The molecule has 1 aromatic heterocycles. The smallest absolute Gasteiger partial charge is 0.388 e. The highest BCUT2D eigenvalue weighted by atomic mass is 19.4. The second-order valence-corrected chi connectivity index (χ2v) is 7.21. The minimum absolute atomic E-state index is 0.0400. The molecule has 0 aliphatic rings. The first kappa shape index (κ1) is 20.7. The zero-order valence-corrected chi connectivity index (χ0v) is 15.6. The average Bonchev–Trinajstić information content (AvgIpc) is 2.63. The van der Waals surface area contributed by atoms with E-state index >= 15 is 0 Å². The van der Waals surface area contributed by atoms with Gasteiger partial charge in [-0.05, 0) is 49.7 Å². The van der Waals surface area contributed by atoms with Crippen molar-refractivity contribution in [2.45, 2.75) is 31.7 Å². The predicted molar refractivity (Wildman–Crippen MR) is 99.7 cm³/mol. The van der Waals surface area contributed by atoms with E-state index in [1.54, 1.807) is 12.1 Å². The highest BCUT2D eigenvalue weighted by Gasteiger charge is 2.33. The molecule has 3 rings (SSSR count). The molecule has 2 aromatic carbocycles. The number of fused-ring (bicyclic) bond motifs is 1. The van der Waals surface area contributed by atoms with E-state index in [2.05, 4.69) is 10.3 Å². The molecule has 29 heavy (non-hydrogen) atoms. The zero-order valence-electron chi connectivity index (χ0n) is 15.6. The zero-order chi connectivity index (χ0) is 21.4. The van der Waals surface area contributed by atoms with Crippen molar-refractivity contribution >= 4 is 16.8 Å². The minimum Gasteiger partial charge on any atom is -0.388 e. The molecule has 3 aromatic rings.